The summed E-state index contributed by atoms with van der Waals surface area (Å²) in [6.07, 6.45) is 22.3. The third kappa shape index (κ3) is 15.6. The predicted molar refractivity (Wildman–Crippen MR) is 97.9 cm³/mol. The number of carbonyl (C=O) groups excluding carboxylic acids is 1. The lowest BCUT2D eigenvalue weighted by atomic mass is 10.0. The first-order chi connectivity index (χ1) is 10.7. The van der Waals surface area contributed by atoms with E-state index in [1.165, 1.54) is 89.9 Å². The molecule has 0 aliphatic heterocycles. The van der Waals surface area contributed by atoms with Crippen LogP contribution in [-0.4, -0.2) is 5.91 Å². The number of carbonyl (C=O) groups is 1. The Labute approximate surface area is 138 Å². The average Bonchev–Trinajstić information content (AvgIpc) is 2.50. The Kier molecular flexibility index (Phi) is 16.0. The van der Waals surface area contributed by atoms with Gasteiger partial charge in [0.25, 0.3) is 0 Å². The predicted octanol–water partition coefficient (Wildman–Crippen LogP) is 6.29. The smallest absolute Gasteiger partial charge is 0.244 e. The summed E-state index contributed by atoms with van der Waals surface area (Å²) < 4.78 is 0. The Hall–Kier alpha value is -0.790. The maximum Gasteiger partial charge on any atom is 0.244 e. The van der Waals surface area contributed by atoms with E-state index in [4.69, 9.17) is 5.73 Å². The first kappa shape index (κ1) is 21.2. The number of hydrogen-bond donors (Lipinski definition) is 1. The highest BCUT2D eigenvalue weighted by Gasteiger charge is 1.96. The van der Waals surface area contributed by atoms with Gasteiger partial charge in [-0.1, -0.05) is 96.5 Å². The van der Waals surface area contributed by atoms with Crippen LogP contribution in [-0.2, 0) is 4.79 Å². The van der Waals surface area contributed by atoms with Crippen LogP contribution in [0.3, 0.4) is 0 Å². The van der Waals surface area contributed by atoms with Crippen LogP contribution in [0, 0.1) is 0 Å². The van der Waals surface area contributed by atoms with E-state index in [2.05, 4.69) is 6.92 Å². The van der Waals surface area contributed by atoms with Crippen molar-refractivity contribution >= 4 is 5.91 Å². The van der Waals surface area contributed by atoms with E-state index in [0.717, 1.165) is 6.42 Å². The van der Waals surface area contributed by atoms with Gasteiger partial charge in [-0.3, -0.25) is 4.79 Å². The summed E-state index contributed by atoms with van der Waals surface area (Å²) in [6.45, 7) is 4.07. The average molecular weight is 310 g/mol. The van der Waals surface area contributed by atoms with Gasteiger partial charge in [0, 0.05) is 5.57 Å². The molecule has 0 rings (SSSR count). The van der Waals surface area contributed by atoms with Crippen molar-refractivity contribution in [1.29, 1.82) is 0 Å². The Morgan fingerprint density at radius 1 is 0.727 bits per heavy atom. The standard InChI is InChI=1S/C20H39NO/c1-3-4-5-6-7-8-9-10-11-12-13-14-15-16-17-18-19(2)20(21)22/h18H,3-17H2,1-2H3,(H2,21,22). The molecule has 0 fully saturated rings. The SMILES string of the molecule is CCCCCCCCCCCCCCCCC=C(C)C(N)=O. The Balaban J connectivity index is 3.12. The van der Waals surface area contributed by atoms with Crippen LogP contribution in [0.5, 0.6) is 0 Å². The minimum Gasteiger partial charge on any atom is -0.366 e. The van der Waals surface area contributed by atoms with Crippen molar-refractivity contribution in [3.63, 3.8) is 0 Å². The highest BCUT2D eigenvalue weighted by atomic mass is 16.1. The van der Waals surface area contributed by atoms with Crippen molar-refractivity contribution in [1.82, 2.24) is 0 Å². The molecular formula is C20H39NO. The van der Waals surface area contributed by atoms with Gasteiger partial charge in [-0.15, -0.1) is 0 Å². The Bertz CT molecular complexity index is 283. The second-order valence-electron chi connectivity index (χ2n) is 6.64. The number of nitrogens with two attached hydrogens (primary N) is 1. The highest BCUT2D eigenvalue weighted by Crippen LogP contribution is 2.13. The molecule has 1 amide bonds. The number of hydrogen-bond acceptors (Lipinski definition) is 1. The first-order valence-corrected chi connectivity index (χ1v) is 9.65. The zero-order valence-electron chi connectivity index (χ0n) is 15.2. The number of allylic oxidation sites excluding steroid dienone is 1. The minimum atomic E-state index is -0.287. The van der Waals surface area contributed by atoms with Crippen molar-refractivity contribution in [2.75, 3.05) is 0 Å². The van der Waals surface area contributed by atoms with E-state index in [-0.39, 0.29) is 5.91 Å². The highest BCUT2D eigenvalue weighted by molar-refractivity contribution is 5.91. The second kappa shape index (κ2) is 16.6. The third-order valence-electron chi connectivity index (χ3n) is 4.40. The number of amides is 1. The molecule has 0 bridgehead atoms. The third-order valence-corrected chi connectivity index (χ3v) is 4.40. The van der Waals surface area contributed by atoms with Gasteiger partial charge in [-0.25, -0.2) is 0 Å². The topological polar surface area (TPSA) is 43.1 Å². The molecule has 2 heteroatoms. The van der Waals surface area contributed by atoms with Gasteiger partial charge >= 0.3 is 0 Å². The minimum absolute atomic E-state index is 0.287. The van der Waals surface area contributed by atoms with Crippen molar-refractivity contribution in [3.8, 4) is 0 Å². The summed E-state index contributed by atoms with van der Waals surface area (Å²) in [5.41, 5.74) is 5.89. The molecule has 0 saturated heterocycles. The van der Waals surface area contributed by atoms with E-state index in [1.54, 1.807) is 6.92 Å². The summed E-state index contributed by atoms with van der Waals surface area (Å²) >= 11 is 0. The second-order valence-corrected chi connectivity index (χ2v) is 6.64. The monoisotopic (exact) mass is 309 g/mol. The fourth-order valence-corrected chi connectivity index (χ4v) is 2.76. The van der Waals surface area contributed by atoms with Crippen LogP contribution in [0.2, 0.25) is 0 Å². The van der Waals surface area contributed by atoms with E-state index in [1.807, 2.05) is 6.08 Å². The van der Waals surface area contributed by atoms with Gasteiger partial charge in [0.2, 0.25) is 5.91 Å². The van der Waals surface area contributed by atoms with Gasteiger partial charge in [0.05, 0.1) is 0 Å². The lowest BCUT2D eigenvalue weighted by molar-refractivity contribution is -0.114. The van der Waals surface area contributed by atoms with Gasteiger partial charge in [0.15, 0.2) is 0 Å². The van der Waals surface area contributed by atoms with Crippen LogP contribution in [0.25, 0.3) is 0 Å². The molecular weight excluding hydrogens is 270 g/mol. The van der Waals surface area contributed by atoms with Crippen molar-refractivity contribution in [2.45, 2.75) is 110 Å². The quantitative estimate of drug-likeness (QED) is 0.264. The molecule has 0 aromatic heterocycles. The fourth-order valence-electron chi connectivity index (χ4n) is 2.76. The first-order valence-electron chi connectivity index (χ1n) is 9.65. The molecule has 0 unspecified atom stereocenters. The molecule has 2 N–H and O–H groups in total. The largest absolute Gasteiger partial charge is 0.366 e. The summed E-state index contributed by atoms with van der Waals surface area (Å²) in [4.78, 5) is 10.8. The molecule has 130 valence electrons. The lowest BCUT2D eigenvalue weighted by Crippen LogP contribution is -2.11. The summed E-state index contributed by atoms with van der Waals surface area (Å²) in [5, 5.41) is 0. The summed E-state index contributed by atoms with van der Waals surface area (Å²) in [6, 6.07) is 0. The Morgan fingerprint density at radius 2 is 1.09 bits per heavy atom. The Morgan fingerprint density at radius 3 is 1.45 bits per heavy atom. The normalized spacial score (nSPS) is 11.8. The van der Waals surface area contributed by atoms with E-state index in [9.17, 15) is 4.79 Å². The molecule has 0 saturated carbocycles. The summed E-state index contributed by atoms with van der Waals surface area (Å²) in [5.74, 6) is -0.287. The van der Waals surface area contributed by atoms with Crippen LogP contribution < -0.4 is 5.73 Å². The van der Waals surface area contributed by atoms with Crippen molar-refractivity contribution in [3.05, 3.63) is 11.6 Å². The van der Waals surface area contributed by atoms with Crippen LogP contribution in [0.4, 0.5) is 0 Å². The number of primary amides is 1. The number of unbranched alkanes of at least 4 members (excludes halogenated alkanes) is 14. The van der Waals surface area contributed by atoms with Gasteiger partial charge in [0.1, 0.15) is 0 Å². The fraction of sp³-hybridized carbons (Fsp3) is 0.850. The zero-order chi connectivity index (χ0) is 16.5. The molecule has 2 nitrogen and oxygen atoms in total. The van der Waals surface area contributed by atoms with Crippen molar-refractivity contribution in [2.24, 2.45) is 5.73 Å². The molecule has 0 aliphatic carbocycles. The van der Waals surface area contributed by atoms with Crippen LogP contribution in [0.1, 0.15) is 110 Å². The molecule has 0 spiro atoms. The van der Waals surface area contributed by atoms with E-state index in [0.29, 0.717) is 5.57 Å². The van der Waals surface area contributed by atoms with E-state index < -0.39 is 0 Å². The van der Waals surface area contributed by atoms with Crippen LogP contribution >= 0.6 is 0 Å². The van der Waals surface area contributed by atoms with Crippen molar-refractivity contribution < 1.29 is 4.79 Å². The molecule has 0 heterocycles. The maximum absolute atomic E-state index is 10.8. The lowest BCUT2D eigenvalue weighted by Gasteiger charge is -2.03. The number of rotatable bonds is 16. The van der Waals surface area contributed by atoms with Gasteiger partial charge in [-0.05, 0) is 19.8 Å². The molecule has 0 aliphatic rings. The molecule has 0 atom stereocenters. The molecule has 22 heavy (non-hydrogen) atoms. The molecule has 0 aromatic carbocycles. The molecule has 0 aromatic rings. The van der Waals surface area contributed by atoms with E-state index >= 15 is 0 Å². The van der Waals surface area contributed by atoms with Crippen LogP contribution in [0.15, 0.2) is 11.6 Å². The maximum atomic E-state index is 10.8. The van der Waals surface area contributed by atoms with Gasteiger partial charge in [-0.2, -0.15) is 0 Å². The zero-order valence-corrected chi connectivity index (χ0v) is 15.2. The van der Waals surface area contributed by atoms with Gasteiger partial charge < -0.3 is 5.73 Å². The summed E-state index contributed by atoms with van der Waals surface area (Å²) in [7, 11) is 0. The molecule has 0 radical (unpaired) electrons.